The van der Waals surface area contributed by atoms with Gasteiger partial charge >= 0.3 is 0 Å². The summed E-state index contributed by atoms with van der Waals surface area (Å²) in [4.78, 5) is 0. The van der Waals surface area contributed by atoms with Crippen LogP contribution in [0.25, 0.3) is 0 Å². The van der Waals surface area contributed by atoms with E-state index in [1.807, 2.05) is 0 Å². The van der Waals surface area contributed by atoms with Crippen molar-refractivity contribution in [3.05, 3.63) is 91.0 Å². The fraction of sp³-hybridized carbons (Fsp3) is 0.217. The van der Waals surface area contributed by atoms with Gasteiger partial charge in [0.05, 0.1) is 0 Å². The molecule has 3 aromatic carbocycles. The second-order valence-corrected chi connectivity index (χ2v) is 9.56. The van der Waals surface area contributed by atoms with Crippen LogP contribution in [0.2, 0.25) is 0 Å². The minimum atomic E-state index is -0.446. The summed E-state index contributed by atoms with van der Waals surface area (Å²) in [6, 6.07) is 32.3. The lowest BCUT2D eigenvalue weighted by atomic mass is 10.0. The molecule has 0 saturated carbocycles. The van der Waals surface area contributed by atoms with Crippen molar-refractivity contribution in [2.24, 2.45) is 5.41 Å². The van der Waals surface area contributed by atoms with E-state index < -0.39 is 7.92 Å². The Hall–Kier alpha value is -1.91. The summed E-state index contributed by atoms with van der Waals surface area (Å²) in [6.07, 6.45) is 0. The van der Waals surface area contributed by atoms with Crippen LogP contribution in [0, 0.1) is 5.41 Å². The molecule has 0 aliphatic rings. The summed E-state index contributed by atoms with van der Waals surface area (Å²) in [5.41, 5.74) is 0.500. The van der Waals surface area contributed by atoms with E-state index in [0.717, 1.165) is 0 Å². The number of hydrogen-bond donors (Lipinski definition) is 0. The van der Waals surface area contributed by atoms with E-state index in [2.05, 4.69) is 119 Å². The third-order valence-corrected chi connectivity index (χ3v) is 5.49. The summed E-state index contributed by atoms with van der Waals surface area (Å²) in [6.45, 7) is 8.75. The van der Waals surface area contributed by atoms with Crippen molar-refractivity contribution < 1.29 is 0 Å². The van der Waals surface area contributed by atoms with Gasteiger partial charge in [0.2, 0.25) is 0 Å². The van der Waals surface area contributed by atoms with Crippen LogP contribution in [0.5, 0.6) is 0 Å². The quantitative estimate of drug-likeness (QED) is 0.555. The molecule has 124 valence electrons. The molecule has 0 saturated heterocycles. The molecular formula is C23H27P. The van der Waals surface area contributed by atoms with Crippen LogP contribution in [0.3, 0.4) is 0 Å². The van der Waals surface area contributed by atoms with Crippen molar-refractivity contribution in [3.63, 3.8) is 0 Å². The SMILES string of the molecule is CC(C)(C)C.c1ccc(P(c2ccccc2)c2ccccc2)cc1. The first-order valence-electron chi connectivity index (χ1n) is 8.40. The largest absolute Gasteiger partial charge is 0.0622 e. The Morgan fingerprint density at radius 3 is 0.875 bits per heavy atom. The predicted octanol–water partition coefficient (Wildman–Crippen LogP) is 5.50. The zero-order valence-corrected chi connectivity index (χ0v) is 16.0. The van der Waals surface area contributed by atoms with Crippen LogP contribution >= 0.6 is 7.92 Å². The third-order valence-electron chi connectivity index (χ3n) is 3.04. The summed E-state index contributed by atoms with van der Waals surface area (Å²) in [5, 5.41) is 4.19. The molecule has 0 aromatic heterocycles. The molecule has 3 aromatic rings. The Kier molecular flexibility index (Phi) is 6.76. The van der Waals surface area contributed by atoms with Gasteiger partial charge in [0.1, 0.15) is 0 Å². The maximum Gasteiger partial charge on any atom is -0.0134 e. The number of benzene rings is 3. The van der Waals surface area contributed by atoms with E-state index in [-0.39, 0.29) is 0 Å². The van der Waals surface area contributed by atoms with E-state index in [1.54, 1.807) is 0 Å². The lowest BCUT2D eigenvalue weighted by molar-refractivity contribution is 0.469. The zero-order valence-electron chi connectivity index (χ0n) is 15.1. The van der Waals surface area contributed by atoms with Gasteiger partial charge in [0.15, 0.2) is 0 Å². The summed E-state index contributed by atoms with van der Waals surface area (Å²) in [5.74, 6) is 0. The topological polar surface area (TPSA) is 0 Å². The molecule has 0 spiro atoms. The number of rotatable bonds is 3. The molecule has 0 radical (unpaired) electrons. The van der Waals surface area contributed by atoms with Crippen LogP contribution in [0.1, 0.15) is 27.7 Å². The molecule has 0 atom stereocenters. The Morgan fingerprint density at radius 2 is 0.667 bits per heavy atom. The lowest BCUT2D eigenvalue weighted by Gasteiger charge is -2.18. The standard InChI is InChI=1S/C18H15P.C5H12/c1-4-10-16(11-5-1)19(17-12-6-2-7-13-17)18-14-8-3-9-15-18;1-5(2,3)4/h1-15H;1-4H3. The first kappa shape index (κ1) is 18.4. The normalized spacial score (nSPS) is 10.9. The van der Waals surface area contributed by atoms with Crippen molar-refractivity contribution >= 4 is 23.8 Å². The van der Waals surface area contributed by atoms with Gasteiger partial charge < -0.3 is 0 Å². The Labute approximate surface area is 148 Å². The molecule has 0 nitrogen and oxygen atoms in total. The zero-order chi connectivity index (χ0) is 17.4. The summed E-state index contributed by atoms with van der Waals surface area (Å²) >= 11 is 0. The van der Waals surface area contributed by atoms with Crippen molar-refractivity contribution in [1.29, 1.82) is 0 Å². The monoisotopic (exact) mass is 334 g/mol. The van der Waals surface area contributed by atoms with Crippen molar-refractivity contribution in [3.8, 4) is 0 Å². The highest BCUT2D eigenvalue weighted by molar-refractivity contribution is 7.79. The van der Waals surface area contributed by atoms with Crippen LogP contribution in [-0.4, -0.2) is 0 Å². The smallest absolute Gasteiger partial charge is 0.0134 e. The highest BCUT2D eigenvalue weighted by atomic mass is 31.1. The van der Waals surface area contributed by atoms with Gasteiger partial charge in [0.25, 0.3) is 0 Å². The molecule has 0 N–H and O–H groups in total. The van der Waals surface area contributed by atoms with Crippen LogP contribution in [0.15, 0.2) is 91.0 Å². The fourth-order valence-electron chi connectivity index (χ4n) is 2.18. The van der Waals surface area contributed by atoms with Crippen molar-refractivity contribution in [2.75, 3.05) is 0 Å². The molecule has 0 heterocycles. The molecular weight excluding hydrogens is 307 g/mol. The molecule has 1 heteroatoms. The van der Waals surface area contributed by atoms with Crippen LogP contribution in [-0.2, 0) is 0 Å². The van der Waals surface area contributed by atoms with Crippen molar-refractivity contribution in [2.45, 2.75) is 27.7 Å². The number of hydrogen-bond acceptors (Lipinski definition) is 0. The molecule has 0 aliphatic heterocycles. The molecule has 0 fully saturated rings. The fourth-order valence-corrected chi connectivity index (χ4v) is 4.48. The summed E-state index contributed by atoms with van der Waals surface area (Å²) in [7, 11) is -0.446. The molecule has 24 heavy (non-hydrogen) atoms. The maximum atomic E-state index is 2.23. The van der Waals surface area contributed by atoms with Gasteiger partial charge in [-0.25, -0.2) is 0 Å². The maximum absolute atomic E-state index is 2.23. The predicted molar refractivity (Wildman–Crippen MR) is 110 cm³/mol. The third kappa shape index (κ3) is 6.30. The molecule has 0 amide bonds. The van der Waals surface area contributed by atoms with E-state index in [0.29, 0.717) is 5.41 Å². The highest BCUT2D eigenvalue weighted by Gasteiger charge is 2.14. The van der Waals surface area contributed by atoms with Crippen LogP contribution < -0.4 is 15.9 Å². The Balaban J connectivity index is 0.000000368. The molecule has 0 bridgehead atoms. The van der Waals surface area contributed by atoms with Gasteiger partial charge in [-0.3, -0.25) is 0 Å². The van der Waals surface area contributed by atoms with Gasteiger partial charge in [-0.2, -0.15) is 0 Å². The molecule has 0 unspecified atom stereocenters. The van der Waals surface area contributed by atoms with Gasteiger partial charge in [-0.15, -0.1) is 0 Å². The van der Waals surface area contributed by atoms with Gasteiger partial charge in [0, 0.05) is 0 Å². The minimum Gasteiger partial charge on any atom is -0.0622 e. The first-order chi connectivity index (χ1) is 11.4. The van der Waals surface area contributed by atoms with Crippen LogP contribution in [0.4, 0.5) is 0 Å². The average Bonchev–Trinajstić information content (AvgIpc) is 2.57. The summed E-state index contributed by atoms with van der Waals surface area (Å²) < 4.78 is 0. The average molecular weight is 334 g/mol. The van der Waals surface area contributed by atoms with Crippen molar-refractivity contribution in [1.82, 2.24) is 0 Å². The van der Waals surface area contributed by atoms with Gasteiger partial charge in [-0.05, 0) is 29.3 Å². The van der Waals surface area contributed by atoms with E-state index in [4.69, 9.17) is 0 Å². The Morgan fingerprint density at radius 1 is 0.458 bits per heavy atom. The minimum absolute atomic E-state index is 0.446. The molecule has 3 rings (SSSR count). The lowest BCUT2D eigenvalue weighted by Crippen LogP contribution is -2.20. The van der Waals surface area contributed by atoms with E-state index >= 15 is 0 Å². The second kappa shape index (κ2) is 8.81. The highest BCUT2D eigenvalue weighted by Crippen LogP contribution is 2.32. The Bertz CT molecular complexity index is 597. The van der Waals surface area contributed by atoms with E-state index in [1.165, 1.54) is 15.9 Å². The van der Waals surface area contributed by atoms with Gasteiger partial charge in [-0.1, -0.05) is 119 Å². The first-order valence-corrected chi connectivity index (χ1v) is 9.74. The molecule has 0 aliphatic carbocycles. The second-order valence-electron chi connectivity index (χ2n) is 7.34. The van der Waals surface area contributed by atoms with E-state index in [9.17, 15) is 0 Å².